The molecule has 0 aromatic carbocycles. The summed E-state index contributed by atoms with van der Waals surface area (Å²) < 4.78 is 1.97. The minimum atomic E-state index is 0.313. The van der Waals surface area contributed by atoms with Crippen LogP contribution in [0.4, 0.5) is 0 Å². The summed E-state index contributed by atoms with van der Waals surface area (Å²) in [6, 6.07) is 0.313. The van der Waals surface area contributed by atoms with Gasteiger partial charge in [0.05, 0.1) is 12.2 Å². The standard InChI is InChI=1S/C20H38N6/c1-6-21-20(22-11-14-26-12-9-7-8-10-13-26)23-16(2)15-19-17(3)24-25(5)18(19)4/h16H,6-15H2,1-5H3,(H2,21,22,23). The number of rotatable bonds is 7. The summed E-state index contributed by atoms with van der Waals surface area (Å²) in [4.78, 5) is 7.36. The first-order valence-corrected chi connectivity index (χ1v) is 10.3. The molecule has 1 saturated heterocycles. The quantitative estimate of drug-likeness (QED) is 0.578. The van der Waals surface area contributed by atoms with Crippen LogP contribution in [-0.2, 0) is 13.5 Å². The Kier molecular flexibility index (Phi) is 8.42. The third-order valence-corrected chi connectivity index (χ3v) is 5.28. The highest BCUT2D eigenvalue weighted by atomic mass is 15.3. The number of aliphatic imine (C=N–C) groups is 1. The average Bonchev–Trinajstić information content (AvgIpc) is 2.79. The maximum atomic E-state index is 4.80. The van der Waals surface area contributed by atoms with Crippen LogP contribution in [0.15, 0.2) is 4.99 Å². The molecule has 1 unspecified atom stereocenters. The molecule has 0 aliphatic carbocycles. The maximum Gasteiger partial charge on any atom is 0.191 e. The van der Waals surface area contributed by atoms with E-state index < -0.39 is 0 Å². The van der Waals surface area contributed by atoms with E-state index in [1.807, 2.05) is 11.7 Å². The molecule has 148 valence electrons. The SMILES string of the molecule is CCNC(=NCCN1CCCCCC1)NC(C)Cc1c(C)nn(C)c1C. The predicted octanol–water partition coefficient (Wildman–Crippen LogP) is 2.40. The fourth-order valence-corrected chi connectivity index (χ4v) is 3.69. The Labute approximate surface area is 159 Å². The number of guanidine groups is 1. The molecule has 2 heterocycles. The molecule has 1 aromatic heterocycles. The fourth-order valence-electron chi connectivity index (χ4n) is 3.69. The van der Waals surface area contributed by atoms with Crippen LogP contribution in [0.1, 0.15) is 56.5 Å². The number of nitrogens with zero attached hydrogens (tertiary/aromatic N) is 4. The minimum absolute atomic E-state index is 0.313. The van der Waals surface area contributed by atoms with Crippen LogP contribution in [0.3, 0.4) is 0 Å². The average molecular weight is 363 g/mol. The first kappa shape index (κ1) is 20.7. The van der Waals surface area contributed by atoms with E-state index in [2.05, 4.69) is 48.3 Å². The molecular weight excluding hydrogens is 324 g/mol. The van der Waals surface area contributed by atoms with Crippen molar-refractivity contribution in [1.82, 2.24) is 25.3 Å². The fraction of sp³-hybridized carbons (Fsp3) is 0.800. The molecule has 0 bridgehead atoms. The molecule has 6 nitrogen and oxygen atoms in total. The van der Waals surface area contributed by atoms with Crippen molar-refractivity contribution in [2.24, 2.45) is 12.0 Å². The van der Waals surface area contributed by atoms with E-state index in [0.29, 0.717) is 6.04 Å². The Hall–Kier alpha value is -1.56. The number of hydrogen-bond donors (Lipinski definition) is 2. The van der Waals surface area contributed by atoms with Crippen LogP contribution in [0.25, 0.3) is 0 Å². The molecule has 1 aromatic rings. The topological polar surface area (TPSA) is 57.5 Å². The molecule has 1 aliphatic heterocycles. The van der Waals surface area contributed by atoms with Gasteiger partial charge in [-0.1, -0.05) is 12.8 Å². The second-order valence-corrected chi connectivity index (χ2v) is 7.54. The number of aryl methyl sites for hydroxylation is 2. The summed E-state index contributed by atoms with van der Waals surface area (Å²) in [7, 11) is 2.01. The molecule has 0 radical (unpaired) electrons. The van der Waals surface area contributed by atoms with Crippen LogP contribution >= 0.6 is 0 Å². The van der Waals surface area contributed by atoms with E-state index in [1.165, 1.54) is 50.0 Å². The molecule has 1 fully saturated rings. The molecule has 6 heteroatoms. The van der Waals surface area contributed by atoms with Gasteiger partial charge in [0.2, 0.25) is 0 Å². The van der Waals surface area contributed by atoms with E-state index in [4.69, 9.17) is 4.99 Å². The zero-order chi connectivity index (χ0) is 18.9. The van der Waals surface area contributed by atoms with Crippen molar-refractivity contribution in [3.63, 3.8) is 0 Å². The summed E-state index contributed by atoms with van der Waals surface area (Å²) in [6.07, 6.45) is 6.40. The smallest absolute Gasteiger partial charge is 0.191 e. The summed E-state index contributed by atoms with van der Waals surface area (Å²) in [6.45, 7) is 13.8. The lowest BCUT2D eigenvalue weighted by Gasteiger charge is -2.20. The van der Waals surface area contributed by atoms with Crippen molar-refractivity contribution in [2.75, 3.05) is 32.7 Å². The van der Waals surface area contributed by atoms with Gasteiger partial charge < -0.3 is 15.5 Å². The Balaban J connectivity index is 1.87. The lowest BCUT2D eigenvalue weighted by Crippen LogP contribution is -2.43. The summed E-state index contributed by atoms with van der Waals surface area (Å²) >= 11 is 0. The highest BCUT2D eigenvalue weighted by Gasteiger charge is 2.14. The highest BCUT2D eigenvalue weighted by Crippen LogP contribution is 2.14. The van der Waals surface area contributed by atoms with Gasteiger partial charge >= 0.3 is 0 Å². The lowest BCUT2D eigenvalue weighted by molar-refractivity contribution is 0.293. The minimum Gasteiger partial charge on any atom is -0.357 e. The molecule has 1 atom stereocenters. The molecule has 0 amide bonds. The van der Waals surface area contributed by atoms with Crippen molar-refractivity contribution >= 4 is 5.96 Å². The van der Waals surface area contributed by atoms with Gasteiger partial charge in [0, 0.05) is 31.9 Å². The number of nitrogens with one attached hydrogen (secondary N) is 2. The van der Waals surface area contributed by atoms with E-state index in [-0.39, 0.29) is 0 Å². The van der Waals surface area contributed by atoms with Crippen LogP contribution in [-0.4, -0.2) is 59.4 Å². The number of hydrogen-bond acceptors (Lipinski definition) is 3. The Bertz CT molecular complexity index is 569. The number of likely N-dealkylation sites (tertiary alicyclic amines) is 1. The van der Waals surface area contributed by atoms with E-state index >= 15 is 0 Å². The van der Waals surface area contributed by atoms with Gasteiger partial charge in [-0.05, 0) is 65.6 Å². The number of aromatic nitrogens is 2. The monoisotopic (exact) mass is 362 g/mol. The maximum absolute atomic E-state index is 4.80. The van der Waals surface area contributed by atoms with Crippen molar-refractivity contribution in [1.29, 1.82) is 0 Å². The van der Waals surface area contributed by atoms with E-state index in [1.54, 1.807) is 0 Å². The van der Waals surface area contributed by atoms with Crippen LogP contribution in [0, 0.1) is 13.8 Å². The molecule has 26 heavy (non-hydrogen) atoms. The molecule has 0 saturated carbocycles. The summed E-state index contributed by atoms with van der Waals surface area (Å²) in [5, 5.41) is 11.5. The third-order valence-electron chi connectivity index (χ3n) is 5.28. The lowest BCUT2D eigenvalue weighted by atomic mass is 10.1. The Morgan fingerprint density at radius 2 is 1.88 bits per heavy atom. The second kappa shape index (κ2) is 10.6. The zero-order valence-electron chi connectivity index (χ0n) is 17.4. The second-order valence-electron chi connectivity index (χ2n) is 7.54. The Morgan fingerprint density at radius 1 is 1.19 bits per heavy atom. The van der Waals surface area contributed by atoms with Gasteiger partial charge in [0.25, 0.3) is 0 Å². The summed E-state index contributed by atoms with van der Waals surface area (Å²) in [5.41, 5.74) is 3.72. The van der Waals surface area contributed by atoms with Crippen LogP contribution in [0.5, 0.6) is 0 Å². The molecule has 2 rings (SSSR count). The highest BCUT2D eigenvalue weighted by molar-refractivity contribution is 5.80. The summed E-state index contributed by atoms with van der Waals surface area (Å²) in [5.74, 6) is 0.925. The zero-order valence-corrected chi connectivity index (χ0v) is 17.4. The van der Waals surface area contributed by atoms with Crippen molar-refractivity contribution in [3.05, 3.63) is 17.0 Å². The molecule has 1 aliphatic rings. The molecule has 2 N–H and O–H groups in total. The van der Waals surface area contributed by atoms with Gasteiger partial charge in [-0.15, -0.1) is 0 Å². The van der Waals surface area contributed by atoms with Gasteiger partial charge in [0.15, 0.2) is 5.96 Å². The van der Waals surface area contributed by atoms with Gasteiger partial charge in [-0.2, -0.15) is 5.10 Å². The van der Waals surface area contributed by atoms with Crippen LogP contribution < -0.4 is 10.6 Å². The van der Waals surface area contributed by atoms with Gasteiger partial charge in [-0.3, -0.25) is 9.67 Å². The van der Waals surface area contributed by atoms with Gasteiger partial charge in [-0.25, -0.2) is 0 Å². The molecular formula is C20H38N6. The van der Waals surface area contributed by atoms with E-state index in [0.717, 1.165) is 37.7 Å². The van der Waals surface area contributed by atoms with E-state index in [9.17, 15) is 0 Å². The first-order chi connectivity index (χ1) is 12.5. The van der Waals surface area contributed by atoms with Crippen molar-refractivity contribution in [3.8, 4) is 0 Å². The molecule has 0 spiro atoms. The van der Waals surface area contributed by atoms with Gasteiger partial charge in [0.1, 0.15) is 0 Å². The third kappa shape index (κ3) is 6.31. The first-order valence-electron chi connectivity index (χ1n) is 10.3. The Morgan fingerprint density at radius 3 is 2.46 bits per heavy atom. The normalized spacial score (nSPS) is 17.8. The van der Waals surface area contributed by atoms with Crippen molar-refractivity contribution in [2.45, 2.75) is 65.8 Å². The largest absolute Gasteiger partial charge is 0.357 e. The van der Waals surface area contributed by atoms with Crippen molar-refractivity contribution < 1.29 is 0 Å². The van der Waals surface area contributed by atoms with Crippen LogP contribution in [0.2, 0.25) is 0 Å². The predicted molar refractivity (Wildman–Crippen MR) is 110 cm³/mol.